The number of anilines is 1. The Bertz CT molecular complexity index is 597. The molecule has 1 aromatic rings. The normalized spacial score (nSPS) is 13.1. The Morgan fingerprint density at radius 2 is 2.05 bits per heavy atom. The number of ether oxygens (including phenoxy) is 1. The van der Waals surface area contributed by atoms with Gasteiger partial charge in [0.1, 0.15) is 0 Å². The van der Waals surface area contributed by atoms with Crippen LogP contribution in [0.5, 0.6) is 0 Å². The largest absolute Gasteiger partial charge is 0.460 e. The van der Waals surface area contributed by atoms with Crippen LogP contribution in [0.15, 0.2) is 16.6 Å². The highest BCUT2D eigenvalue weighted by Crippen LogP contribution is 2.33. The molecule has 0 saturated carbocycles. The lowest BCUT2D eigenvalue weighted by atomic mass is 10.1. The number of carbonyl (C=O) groups excluding carboxylic acids is 3. The molecule has 1 aliphatic rings. The molecule has 1 heterocycles. The van der Waals surface area contributed by atoms with E-state index in [0.717, 1.165) is 12.0 Å². The summed E-state index contributed by atoms with van der Waals surface area (Å²) in [6.07, 6.45) is 0.737. The van der Waals surface area contributed by atoms with Gasteiger partial charge in [-0.1, -0.05) is 15.9 Å². The number of amides is 1. The van der Waals surface area contributed by atoms with Gasteiger partial charge in [-0.25, -0.2) is 4.79 Å². The number of halogens is 1. The van der Waals surface area contributed by atoms with Crippen LogP contribution in [0.1, 0.15) is 29.8 Å². The molecule has 0 aliphatic carbocycles. The van der Waals surface area contributed by atoms with Crippen LogP contribution >= 0.6 is 15.9 Å². The quantitative estimate of drug-likeness (QED) is 0.480. The predicted molar refractivity (Wildman–Crippen MR) is 76.8 cm³/mol. The van der Waals surface area contributed by atoms with Crippen molar-refractivity contribution < 1.29 is 19.1 Å². The zero-order valence-corrected chi connectivity index (χ0v) is 12.8. The monoisotopic (exact) mass is 339 g/mol. The molecule has 0 fully saturated rings. The molecule has 1 aromatic carbocycles. The number of nitrogens with zero attached hydrogens (tertiary/aromatic N) is 1. The summed E-state index contributed by atoms with van der Waals surface area (Å²) in [6.45, 7) is 3.85. The number of rotatable bonds is 3. The van der Waals surface area contributed by atoms with Gasteiger partial charge in [0.05, 0.1) is 6.61 Å². The van der Waals surface area contributed by atoms with Crippen LogP contribution in [0, 0.1) is 0 Å². The number of fused-ring (bicyclic) bond motifs is 1. The van der Waals surface area contributed by atoms with Gasteiger partial charge in [0.25, 0.3) is 5.78 Å². The van der Waals surface area contributed by atoms with Gasteiger partial charge in [-0.2, -0.15) is 0 Å². The second kappa shape index (κ2) is 5.75. The zero-order valence-electron chi connectivity index (χ0n) is 11.2. The second-order valence-electron chi connectivity index (χ2n) is 4.43. The number of Topliss-reactive ketones (excluding diaryl/α,β-unsaturated/α-hetero) is 1. The minimum atomic E-state index is -0.888. The van der Waals surface area contributed by atoms with Gasteiger partial charge < -0.3 is 9.64 Å². The highest BCUT2D eigenvalue weighted by atomic mass is 79.9. The summed E-state index contributed by atoms with van der Waals surface area (Å²) >= 11 is 3.29. The molecular weight excluding hydrogens is 326 g/mol. The Morgan fingerprint density at radius 3 is 2.65 bits per heavy atom. The predicted octanol–water partition coefficient (Wildman–Crippen LogP) is 2.10. The molecule has 1 aliphatic heterocycles. The van der Waals surface area contributed by atoms with E-state index >= 15 is 0 Å². The van der Waals surface area contributed by atoms with Crippen LogP contribution < -0.4 is 4.90 Å². The van der Waals surface area contributed by atoms with E-state index in [1.54, 1.807) is 24.0 Å². The van der Waals surface area contributed by atoms with E-state index in [0.29, 0.717) is 16.7 Å². The number of esters is 1. The van der Waals surface area contributed by atoms with E-state index in [9.17, 15) is 14.4 Å². The van der Waals surface area contributed by atoms with Gasteiger partial charge >= 0.3 is 5.97 Å². The fourth-order valence-electron chi connectivity index (χ4n) is 2.21. The number of carbonyl (C=O) groups is 3. The Morgan fingerprint density at radius 1 is 1.35 bits per heavy atom. The first-order chi connectivity index (χ1) is 9.45. The molecule has 5 nitrogen and oxygen atoms in total. The highest BCUT2D eigenvalue weighted by molar-refractivity contribution is 9.10. The Kier molecular flexibility index (Phi) is 4.23. The summed E-state index contributed by atoms with van der Waals surface area (Å²) in [5, 5.41) is 0. The summed E-state index contributed by atoms with van der Waals surface area (Å²) in [4.78, 5) is 36.7. The molecule has 0 aromatic heterocycles. The van der Waals surface area contributed by atoms with Gasteiger partial charge in [0.2, 0.25) is 5.91 Å². The minimum absolute atomic E-state index is 0.0828. The Balaban J connectivity index is 2.41. The lowest BCUT2D eigenvalue weighted by Crippen LogP contribution is -2.26. The number of benzene rings is 1. The molecule has 6 heteroatoms. The molecule has 0 radical (unpaired) electrons. The van der Waals surface area contributed by atoms with Crippen molar-refractivity contribution in [3.05, 3.63) is 27.7 Å². The van der Waals surface area contributed by atoms with Gasteiger partial charge in [-0.15, -0.1) is 0 Å². The Labute approximate surface area is 125 Å². The van der Waals surface area contributed by atoms with Crippen molar-refractivity contribution in [1.82, 2.24) is 0 Å². The molecule has 0 spiro atoms. The molecule has 0 unspecified atom stereocenters. The van der Waals surface area contributed by atoms with Crippen molar-refractivity contribution >= 4 is 39.3 Å². The maximum Gasteiger partial charge on any atom is 0.379 e. The summed E-state index contributed by atoms with van der Waals surface area (Å²) in [5.41, 5.74) is 1.89. The molecule has 1 amide bonds. The third kappa shape index (κ3) is 2.60. The minimum Gasteiger partial charge on any atom is -0.460 e. The average Bonchev–Trinajstić information content (AvgIpc) is 2.79. The topological polar surface area (TPSA) is 63.7 Å². The van der Waals surface area contributed by atoms with Crippen LogP contribution in [0.25, 0.3) is 0 Å². The standard InChI is InChI=1S/C14H14BrNO4/c1-3-20-14(19)13(18)10-7-12-9(6-11(10)15)4-5-16(12)8(2)17/h6-7H,3-5H2,1-2H3. The number of ketones is 1. The van der Waals surface area contributed by atoms with Crippen molar-refractivity contribution in [2.75, 3.05) is 18.1 Å². The maximum absolute atomic E-state index is 12.0. The van der Waals surface area contributed by atoms with E-state index < -0.39 is 11.8 Å². The van der Waals surface area contributed by atoms with Crippen LogP contribution in [-0.2, 0) is 20.7 Å². The van der Waals surface area contributed by atoms with E-state index in [4.69, 9.17) is 4.74 Å². The van der Waals surface area contributed by atoms with Crippen molar-refractivity contribution in [3.63, 3.8) is 0 Å². The summed E-state index contributed by atoms with van der Waals surface area (Å²) in [5.74, 6) is -1.68. The maximum atomic E-state index is 12.0. The van der Waals surface area contributed by atoms with Crippen LogP contribution in [0.3, 0.4) is 0 Å². The first-order valence-electron chi connectivity index (χ1n) is 6.27. The summed E-state index contributed by atoms with van der Waals surface area (Å²) < 4.78 is 5.26. The van der Waals surface area contributed by atoms with Gasteiger partial charge in [-0.05, 0) is 31.0 Å². The lowest BCUT2D eigenvalue weighted by molar-refractivity contribution is -0.137. The fraction of sp³-hybridized carbons (Fsp3) is 0.357. The van der Waals surface area contributed by atoms with E-state index in [1.165, 1.54) is 6.92 Å². The van der Waals surface area contributed by atoms with E-state index in [1.807, 2.05) is 0 Å². The molecule has 0 bridgehead atoms. The third-order valence-corrected chi connectivity index (χ3v) is 3.81. The number of hydrogen-bond donors (Lipinski definition) is 0. The molecule has 2 rings (SSSR count). The molecular formula is C14H14BrNO4. The number of hydrogen-bond acceptors (Lipinski definition) is 4. The van der Waals surface area contributed by atoms with E-state index in [2.05, 4.69) is 15.9 Å². The average molecular weight is 340 g/mol. The smallest absolute Gasteiger partial charge is 0.379 e. The molecule has 0 N–H and O–H groups in total. The summed E-state index contributed by atoms with van der Waals surface area (Å²) in [7, 11) is 0. The van der Waals surface area contributed by atoms with Crippen molar-refractivity contribution in [2.45, 2.75) is 20.3 Å². The first kappa shape index (κ1) is 14.7. The lowest BCUT2D eigenvalue weighted by Gasteiger charge is -2.16. The van der Waals surface area contributed by atoms with Gasteiger partial charge in [0.15, 0.2) is 0 Å². The zero-order chi connectivity index (χ0) is 14.9. The van der Waals surface area contributed by atoms with E-state index in [-0.39, 0.29) is 18.1 Å². The molecule has 20 heavy (non-hydrogen) atoms. The van der Waals surface area contributed by atoms with Crippen molar-refractivity contribution in [2.24, 2.45) is 0 Å². The molecule has 0 saturated heterocycles. The highest BCUT2D eigenvalue weighted by Gasteiger charge is 2.27. The summed E-state index contributed by atoms with van der Waals surface area (Å²) in [6, 6.07) is 3.36. The molecule has 0 atom stereocenters. The van der Waals surface area contributed by atoms with Crippen LogP contribution in [0.2, 0.25) is 0 Å². The van der Waals surface area contributed by atoms with Crippen LogP contribution in [-0.4, -0.2) is 30.8 Å². The third-order valence-electron chi connectivity index (χ3n) is 3.15. The van der Waals surface area contributed by atoms with Gasteiger partial charge in [0, 0.05) is 29.2 Å². The SMILES string of the molecule is CCOC(=O)C(=O)c1cc2c(cc1Br)CCN2C(C)=O. The first-order valence-corrected chi connectivity index (χ1v) is 7.07. The fourth-order valence-corrected chi connectivity index (χ4v) is 2.79. The van der Waals surface area contributed by atoms with Crippen molar-refractivity contribution in [1.29, 1.82) is 0 Å². The molecule has 106 valence electrons. The Hall–Kier alpha value is -1.69. The van der Waals surface area contributed by atoms with Crippen LogP contribution in [0.4, 0.5) is 5.69 Å². The van der Waals surface area contributed by atoms with Gasteiger partial charge in [-0.3, -0.25) is 9.59 Å². The van der Waals surface area contributed by atoms with Crippen molar-refractivity contribution in [3.8, 4) is 0 Å². The second-order valence-corrected chi connectivity index (χ2v) is 5.29.